The first-order chi connectivity index (χ1) is 13.4. The van der Waals surface area contributed by atoms with Gasteiger partial charge in [0.2, 0.25) is 15.9 Å². The number of rotatable bonds is 4. The van der Waals surface area contributed by atoms with Crippen LogP contribution in [0.15, 0.2) is 53.4 Å². The molecule has 1 heterocycles. The van der Waals surface area contributed by atoms with Crippen molar-refractivity contribution in [1.29, 1.82) is 0 Å². The molecule has 148 valence electrons. The summed E-state index contributed by atoms with van der Waals surface area (Å²) >= 11 is 5.87. The van der Waals surface area contributed by atoms with Crippen molar-refractivity contribution in [2.24, 2.45) is 5.92 Å². The van der Waals surface area contributed by atoms with Crippen LogP contribution in [-0.2, 0) is 21.2 Å². The van der Waals surface area contributed by atoms with Crippen LogP contribution in [0.4, 0.5) is 0 Å². The Bertz CT molecular complexity index is 975. The molecule has 1 N–H and O–H groups in total. The molecule has 2 aromatic rings. The van der Waals surface area contributed by atoms with Crippen LogP contribution in [0.25, 0.3) is 0 Å². The molecule has 0 saturated carbocycles. The van der Waals surface area contributed by atoms with E-state index in [9.17, 15) is 13.2 Å². The maximum absolute atomic E-state index is 12.9. The molecule has 5 nitrogen and oxygen atoms in total. The zero-order valence-electron chi connectivity index (χ0n) is 15.5. The van der Waals surface area contributed by atoms with Gasteiger partial charge in [-0.15, -0.1) is 0 Å². The molecule has 0 radical (unpaired) electrons. The molecule has 1 fully saturated rings. The molecule has 2 atom stereocenters. The second kappa shape index (κ2) is 7.85. The Morgan fingerprint density at radius 1 is 1.07 bits per heavy atom. The molecule has 0 aromatic heterocycles. The highest BCUT2D eigenvalue weighted by Gasteiger charge is 2.34. The van der Waals surface area contributed by atoms with Crippen LogP contribution >= 0.6 is 11.6 Å². The van der Waals surface area contributed by atoms with E-state index in [0.717, 1.165) is 12.8 Å². The van der Waals surface area contributed by atoms with E-state index in [-0.39, 0.29) is 29.3 Å². The molecule has 28 heavy (non-hydrogen) atoms. The van der Waals surface area contributed by atoms with Crippen molar-refractivity contribution in [1.82, 2.24) is 9.62 Å². The summed E-state index contributed by atoms with van der Waals surface area (Å²) in [7, 11) is -3.63. The van der Waals surface area contributed by atoms with E-state index in [4.69, 9.17) is 11.6 Å². The van der Waals surface area contributed by atoms with Crippen LogP contribution in [-0.4, -0.2) is 31.7 Å². The fourth-order valence-electron chi connectivity index (χ4n) is 4.13. The minimum absolute atomic E-state index is 0.0203. The third kappa shape index (κ3) is 3.81. The summed E-state index contributed by atoms with van der Waals surface area (Å²) in [5.74, 6) is -0.388. The van der Waals surface area contributed by atoms with E-state index in [2.05, 4.69) is 17.4 Å². The summed E-state index contributed by atoms with van der Waals surface area (Å²) < 4.78 is 27.3. The Hall–Kier alpha value is -1.89. The molecule has 4 rings (SSSR count). The molecule has 7 heteroatoms. The lowest BCUT2D eigenvalue weighted by atomic mass is 9.98. The lowest BCUT2D eigenvalue weighted by molar-refractivity contribution is -0.126. The number of nitrogens with zero attached hydrogens (tertiary/aromatic N) is 1. The van der Waals surface area contributed by atoms with Gasteiger partial charge in [-0.05, 0) is 61.1 Å². The smallest absolute Gasteiger partial charge is 0.243 e. The van der Waals surface area contributed by atoms with Gasteiger partial charge >= 0.3 is 0 Å². The first-order valence-electron chi connectivity index (χ1n) is 9.59. The quantitative estimate of drug-likeness (QED) is 0.825. The number of hydrogen-bond donors (Lipinski definition) is 1. The lowest BCUT2D eigenvalue weighted by Crippen LogP contribution is -2.45. The highest BCUT2D eigenvalue weighted by atomic mass is 35.5. The van der Waals surface area contributed by atoms with Gasteiger partial charge in [-0.25, -0.2) is 8.42 Å². The Morgan fingerprint density at radius 3 is 2.61 bits per heavy atom. The van der Waals surface area contributed by atoms with Gasteiger partial charge in [-0.3, -0.25) is 4.79 Å². The number of aryl methyl sites for hydroxylation is 1. The highest BCUT2D eigenvalue weighted by molar-refractivity contribution is 7.89. The number of fused-ring (bicyclic) bond motifs is 1. The van der Waals surface area contributed by atoms with Crippen molar-refractivity contribution in [3.8, 4) is 0 Å². The van der Waals surface area contributed by atoms with Crippen LogP contribution < -0.4 is 5.32 Å². The third-order valence-electron chi connectivity index (χ3n) is 5.66. The van der Waals surface area contributed by atoms with Gasteiger partial charge in [-0.1, -0.05) is 35.9 Å². The third-order valence-corrected chi connectivity index (χ3v) is 7.79. The minimum Gasteiger partial charge on any atom is -0.349 e. The van der Waals surface area contributed by atoms with Gasteiger partial charge in [0, 0.05) is 18.1 Å². The molecule has 0 unspecified atom stereocenters. The monoisotopic (exact) mass is 418 g/mol. The van der Waals surface area contributed by atoms with Gasteiger partial charge < -0.3 is 5.32 Å². The number of amides is 1. The maximum atomic E-state index is 12.9. The standard InChI is InChI=1S/C21H23ClN2O3S/c22-17-8-10-18(11-9-17)28(26,27)24-13-3-5-16(14-24)21(25)23-20-12-7-15-4-1-2-6-19(15)20/h1-2,4,6,8-11,16,20H,3,5,7,12-14H2,(H,23,25)/t16-,20-/m1/s1. The Kier molecular flexibility index (Phi) is 5.45. The first-order valence-corrected chi connectivity index (χ1v) is 11.4. The molecule has 2 aromatic carbocycles. The number of sulfonamides is 1. The fraction of sp³-hybridized carbons (Fsp3) is 0.381. The Balaban J connectivity index is 1.45. The number of carbonyl (C=O) groups is 1. The van der Waals surface area contributed by atoms with E-state index in [1.54, 1.807) is 12.1 Å². The van der Waals surface area contributed by atoms with E-state index in [1.807, 2.05) is 12.1 Å². The summed E-state index contributed by atoms with van der Waals surface area (Å²) in [6.45, 7) is 0.645. The summed E-state index contributed by atoms with van der Waals surface area (Å²) in [5.41, 5.74) is 2.46. The van der Waals surface area contributed by atoms with E-state index >= 15 is 0 Å². The van der Waals surface area contributed by atoms with Crippen molar-refractivity contribution in [3.63, 3.8) is 0 Å². The molecular formula is C21H23ClN2O3S. The van der Waals surface area contributed by atoms with Crippen molar-refractivity contribution >= 4 is 27.5 Å². The van der Waals surface area contributed by atoms with E-state index in [1.165, 1.54) is 27.6 Å². The van der Waals surface area contributed by atoms with Gasteiger partial charge in [0.25, 0.3) is 0 Å². The summed E-state index contributed by atoms with van der Waals surface area (Å²) in [4.78, 5) is 13.1. The fourth-order valence-corrected chi connectivity index (χ4v) is 5.78. The minimum atomic E-state index is -3.63. The van der Waals surface area contributed by atoms with Gasteiger partial charge in [0.05, 0.1) is 16.9 Å². The zero-order valence-corrected chi connectivity index (χ0v) is 17.0. The van der Waals surface area contributed by atoms with Gasteiger partial charge in [0.15, 0.2) is 0 Å². The predicted octanol–water partition coefficient (Wildman–Crippen LogP) is 3.54. The van der Waals surface area contributed by atoms with Crippen LogP contribution in [0.3, 0.4) is 0 Å². The number of piperidine rings is 1. The molecule has 0 spiro atoms. The average Bonchev–Trinajstić information content (AvgIpc) is 3.11. The summed E-state index contributed by atoms with van der Waals surface area (Å²) in [6, 6.07) is 14.3. The van der Waals surface area contributed by atoms with Gasteiger partial charge in [-0.2, -0.15) is 4.31 Å². The van der Waals surface area contributed by atoms with E-state index in [0.29, 0.717) is 24.4 Å². The van der Waals surface area contributed by atoms with Crippen LogP contribution in [0.5, 0.6) is 0 Å². The molecule has 1 amide bonds. The first kappa shape index (κ1) is 19.4. The number of carbonyl (C=O) groups excluding carboxylic acids is 1. The molecule has 1 aliphatic carbocycles. The van der Waals surface area contributed by atoms with E-state index < -0.39 is 10.0 Å². The van der Waals surface area contributed by atoms with Crippen LogP contribution in [0, 0.1) is 5.92 Å². The SMILES string of the molecule is O=C(N[C@@H]1CCc2ccccc21)[C@@H]1CCCN(S(=O)(=O)c2ccc(Cl)cc2)C1. The molecular weight excluding hydrogens is 396 g/mol. The van der Waals surface area contributed by atoms with Crippen LogP contribution in [0.1, 0.15) is 36.4 Å². The number of benzene rings is 2. The largest absolute Gasteiger partial charge is 0.349 e. The van der Waals surface area contributed by atoms with Crippen molar-refractivity contribution in [2.45, 2.75) is 36.6 Å². The normalized spacial score (nSPS) is 22.6. The summed E-state index contributed by atoms with van der Waals surface area (Å²) in [6.07, 6.45) is 3.23. The number of halogens is 1. The van der Waals surface area contributed by atoms with Gasteiger partial charge in [0.1, 0.15) is 0 Å². The second-order valence-electron chi connectivity index (χ2n) is 7.45. The van der Waals surface area contributed by atoms with Crippen molar-refractivity contribution < 1.29 is 13.2 Å². The van der Waals surface area contributed by atoms with Crippen LogP contribution in [0.2, 0.25) is 5.02 Å². The molecule has 1 aliphatic heterocycles. The lowest BCUT2D eigenvalue weighted by Gasteiger charge is -2.32. The Morgan fingerprint density at radius 2 is 1.82 bits per heavy atom. The number of hydrogen-bond acceptors (Lipinski definition) is 3. The maximum Gasteiger partial charge on any atom is 0.243 e. The zero-order chi connectivity index (χ0) is 19.7. The molecule has 1 saturated heterocycles. The number of nitrogens with one attached hydrogen (secondary N) is 1. The summed E-state index contributed by atoms with van der Waals surface area (Å²) in [5, 5.41) is 3.64. The van der Waals surface area contributed by atoms with Crippen molar-refractivity contribution in [2.75, 3.05) is 13.1 Å². The highest BCUT2D eigenvalue weighted by Crippen LogP contribution is 2.32. The molecule has 2 aliphatic rings. The topological polar surface area (TPSA) is 66.5 Å². The van der Waals surface area contributed by atoms with Crippen molar-refractivity contribution in [3.05, 3.63) is 64.7 Å². The molecule has 0 bridgehead atoms. The predicted molar refractivity (Wildman–Crippen MR) is 109 cm³/mol. The Labute approximate surface area is 170 Å². The average molecular weight is 419 g/mol. The second-order valence-corrected chi connectivity index (χ2v) is 9.83.